The number of tetrazole rings is 1. The molecule has 0 bridgehead atoms. The number of aryl methyl sites for hydroxylation is 2. The molecule has 0 aliphatic carbocycles. The molecule has 0 saturated carbocycles. The number of aromatic nitrogens is 6. The van der Waals surface area contributed by atoms with E-state index < -0.39 is 17.2 Å². The number of hydrogen-bond acceptors (Lipinski definition) is 10. The van der Waals surface area contributed by atoms with Gasteiger partial charge in [0.05, 0.1) is 29.0 Å². The first-order chi connectivity index (χ1) is 36.7. The van der Waals surface area contributed by atoms with Crippen LogP contribution in [-0.4, -0.2) is 80.6 Å². The van der Waals surface area contributed by atoms with Gasteiger partial charge >= 0.3 is 12.1 Å². The molecule has 2 aromatic heterocycles. The third kappa shape index (κ3) is 10.8. The summed E-state index contributed by atoms with van der Waals surface area (Å²) in [6, 6.07) is 57.1. The lowest BCUT2D eigenvalue weighted by atomic mass is 9.77. The molecule has 0 radical (unpaired) electrons. The minimum atomic E-state index is -0.915. The van der Waals surface area contributed by atoms with Crippen molar-refractivity contribution in [2.45, 2.75) is 72.1 Å². The van der Waals surface area contributed by atoms with E-state index in [-0.39, 0.29) is 18.5 Å². The van der Waals surface area contributed by atoms with Crippen LogP contribution in [0.4, 0.5) is 21.9 Å². The number of fused-ring (bicyclic) bond motifs is 1. The normalized spacial score (nSPS) is 11.6. The first-order valence-electron chi connectivity index (χ1n) is 25.6. The Morgan fingerprint density at radius 3 is 1.92 bits per heavy atom. The molecule has 0 saturated heterocycles. The Labute approximate surface area is 443 Å². The van der Waals surface area contributed by atoms with Crippen LogP contribution in [0.2, 0.25) is 0 Å². The van der Waals surface area contributed by atoms with E-state index in [1.807, 2.05) is 72.1 Å². The number of amides is 2. The monoisotopic (exact) mass is 1010 g/mol. The summed E-state index contributed by atoms with van der Waals surface area (Å²) in [6.45, 7) is 12.0. The predicted octanol–water partition coefficient (Wildman–Crippen LogP) is 12.1. The van der Waals surface area contributed by atoms with Gasteiger partial charge in [0, 0.05) is 50.8 Å². The summed E-state index contributed by atoms with van der Waals surface area (Å²) in [5.74, 6) is 0.818. The van der Waals surface area contributed by atoms with E-state index in [1.165, 1.54) is 11.8 Å². The molecule has 2 amide bonds. The summed E-state index contributed by atoms with van der Waals surface area (Å²) in [5.41, 5.74) is 9.83. The molecule has 0 aliphatic rings. The highest BCUT2D eigenvalue weighted by Gasteiger charge is 2.42. The third-order valence-electron chi connectivity index (χ3n) is 13.4. The van der Waals surface area contributed by atoms with Crippen LogP contribution < -0.4 is 15.1 Å². The molecule has 0 atom stereocenters. The Morgan fingerprint density at radius 1 is 0.724 bits per heavy atom. The van der Waals surface area contributed by atoms with E-state index in [0.717, 1.165) is 79.9 Å². The van der Waals surface area contributed by atoms with E-state index in [4.69, 9.17) is 24.8 Å². The molecular weight excluding hydrogens is 951 g/mol. The van der Waals surface area contributed by atoms with Crippen LogP contribution in [0.5, 0.6) is 0 Å². The number of nitrogens with one attached hydrogen (secondary N) is 1. The second-order valence-corrected chi connectivity index (χ2v) is 19.9. The van der Waals surface area contributed by atoms with Crippen LogP contribution >= 0.6 is 0 Å². The summed E-state index contributed by atoms with van der Waals surface area (Å²) in [5, 5.41) is 17.1. The molecule has 386 valence electrons. The van der Waals surface area contributed by atoms with Gasteiger partial charge in [0.25, 0.3) is 5.91 Å². The lowest BCUT2D eigenvalue weighted by Crippen LogP contribution is -2.39. The molecular formula is C62H63N9O5. The van der Waals surface area contributed by atoms with Crippen LogP contribution in [0.25, 0.3) is 33.5 Å². The van der Waals surface area contributed by atoms with Crippen LogP contribution in [0.15, 0.2) is 170 Å². The highest BCUT2D eigenvalue weighted by atomic mass is 16.6. The average molecular weight is 1010 g/mol. The fraction of sp³-hybridized carbons (Fsp3) is 0.242. The number of hydrogen-bond donors (Lipinski definition) is 1. The number of imidazole rings is 1. The van der Waals surface area contributed by atoms with Gasteiger partial charge in [0.15, 0.2) is 5.82 Å². The largest absolute Gasteiger partial charge is 0.464 e. The third-order valence-corrected chi connectivity index (χ3v) is 13.4. The standard InChI is InChI=1S/C62H63N9O5/c1-9-21-56-64-57-42(2)38-46(59(73)63-53-35-34-50(68(7)36-37-75-43(3)72)40-54(53)69(8)60(74)76-61(4,5)6)39-55(57)70(56)41-44-30-32-45(33-31-44)51-28-19-20-29-52(51)58-65-66-67-71(58)62(47-22-13-10-14-23-47,48-24-15-11-16-25-48)49-26-17-12-18-27-49/h10-20,22-35,38-40H,9,21,36-37,41H2,1-8H3,(H,63,73). The molecule has 9 rings (SSSR count). The zero-order valence-electron chi connectivity index (χ0n) is 44.3. The van der Waals surface area contributed by atoms with Gasteiger partial charge in [-0.1, -0.05) is 146 Å². The van der Waals surface area contributed by atoms with Crippen molar-refractivity contribution < 1.29 is 23.9 Å². The van der Waals surface area contributed by atoms with Crippen molar-refractivity contribution in [1.29, 1.82) is 0 Å². The fourth-order valence-electron chi connectivity index (χ4n) is 9.77. The molecule has 7 aromatic carbocycles. The quantitative estimate of drug-likeness (QED) is 0.0690. The number of rotatable bonds is 17. The maximum absolute atomic E-state index is 14.4. The molecule has 9 aromatic rings. The van der Waals surface area contributed by atoms with Gasteiger partial charge in [-0.2, -0.15) is 0 Å². The summed E-state index contributed by atoms with van der Waals surface area (Å²) in [6.07, 6.45) is 1.04. The van der Waals surface area contributed by atoms with E-state index in [2.05, 4.69) is 131 Å². The molecule has 0 spiro atoms. The summed E-state index contributed by atoms with van der Waals surface area (Å²) in [4.78, 5) is 47.8. The lowest BCUT2D eigenvalue weighted by Gasteiger charge is -2.36. The number of carbonyl (C=O) groups is 3. The SMILES string of the molecule is CCCc1nc2c(C)cc(C(=O)Nc3ccc(N(C)CCOC(C)=O)cc3N(C)C(=O)OC(C)(C)C)cc2n1Cc1ccc(-c2ccccc2-c2nnnn2C(c2ccccc2)(c2ccccc2)c2ccccc2)cc1. The topological polar surface area (TPSA) is 150 Å². The minimum Gasteiger partial charge on any atom is -0.464 e. The van der Waals surface area contributed by atoms with Crippen molar-refractivity contribution >= 4 is 46.1 Å². The highest BCUT2D eigenvalue weighted by Crippen LogP contribution is 2.43. The number of likely N-dealkylation sites (N-methyl/N-ethyl adjacent to an activating group) is 1. The molecule has 14 nitrogen and oxygen atoms in total. The molecule has 2 heterocycles. The maximum Gasteiger partial charge on any atom is 0.414 e. The molecule has 0 fully saturated rings. The van der Waals surface area contributed by atoms with Crippen LogP contribution in [0.3, 0.4) is 0 Å². The van der Waals surface area contributed by atoms with Crippen molar-refractivity contribution in [2.24, 2.45) is 0 Å². The van der Waals surface area contributed by atoms with Crippen molar-refractivity contribution in [3.63, 3.8) is 0 Å². The Balaban J connectivity index is 1.04. The van der Waals surface area contributed by atoms with Crippen LogP contribution in [-0.2, 0) is 32.8 Å². The average Bonchev–Trinajstić information content (AvgIpc) is 4.06. The number of carbonyl (C=O) groups excluding carboxylic acids is 3. The van der Waals surface area contributed by atoms with Gasteiger partial charge in [-0.05, 0) is 114 Å². The Kier molecular flexibility index (Phi) is 15.2. The van der Waals surface area contributed by atoms with Gasteiger partial charge in [0.1, 0.15) is 23.6 Å². The Bertz CT molecular complexity index is 3400. The number of ether oxygens (including phenoxy) is 2. The lowest BCUT2D eigenvalue weighted by molar-refractivity contribution is -0.140. The molecule has 14 heteroatoms. The van der Waals surface area contributed by atoms with E-state index in [0.29, 0.717) is 35.9 Å². The number of esters is 1. The first-order valence-corrected chi connectivity index (χ1v) is 25.6. The smallest absolute Gasteiger partial charge is 0.414 e. The zero-order valence-corrected chi connectivity index (χ0v) is 44.3. The first kappa shape index (κ1) is 52.0. The zero-order chi connectivity index (χ0) is 53.6. The molecule has 76 heavy (non-hydrogen) atoms. The van der Waals surface area contributed by atoms with Crippen molar-refractivity contribution in [3.8, 4) is 22.5 Å². The summed E-state index contributed by atoms with van der Waals surface area (Å²) in [7, 11) is 3.47. The minimum absolute atomic E-state index is 0.186. The van der Waals surface area contributed by atoms with E-state index in [9.17, 15) is 14.4 Å². The van der Waals surface area contributed by atoms with E-state index in [1.54, 1.807) is 40.0 Å². The summed E-state index contributed by atoms with van der Waals surface area (Å²) >= 11 is 0. The van der Waals surface area contributed by atoms with Gasteiger partial charge in [0.2, 0.25) is 0 Å². The summed E-state index contributed by atoms with van der Waals surface area (Å²) < 4.78 is 15.1. The van der Waals surface area contributed by atoms with Gasteiger partial charge in [-0.3, -0.25) is 14.5 Å². The van der Waals surface area contributed by atoms with Gasteiger partial charge in [-0.15, -0.1) is 5.10 Å². The second-order valence-electron chi connectivity index (χ2n) is 19.9. The molecule has 0 aliphatic heterocycles. The fourth-order valence-corrected chi connectivity index (χ4v) is 9.77. The van der Waals surface area contributed by atoms with E-state index >= 15 is 0 Å². The number of benzene rings is 7. The highest BCUT2D eigenvalue weighted by molar-refractivity contribution is 6.09. The van der Waals surface area contributed by atoms with Gasteiger partial charge in [-0.25, -0.2) is 14.5 Å². The maximum atomic E-state index is 14.4. The predicted molar refractivity (Wildman–Crippen MR) is 300 cm³/mol. The van der Waals surface area contributed by atoms with Crippen molar-refractivity contribution in [2.75, 3.05) is 42.4 Å². The number of anilines is 3. The van der Waals surface area contributed by atoms with Crippen molar-refractivity contribution in [3.05, 3.63) is 209 Å². The Hall–Kier alpha value is -8.91. The van der Waals surface area contributed by atoms with Gasteiger partial charge < -0.3 is 24.3 Å². The molecule has 0 unspecified atom stereocenters. The molecule has 1 N–H and O–H groups in total. The van der Waals surface area contributed by atoms with Crippen LogP contribution in [0, 0.1) is 6.92 Å². The Morgan fingerprint density at radius 2 is 1.33 bits per heavy atom. The second kappa shape index (κ2) is 22.3. The van der Waals surface area contributed by atoms with Crippen LogP contribution in [0.1, 0.15) is 85.0 Å². The van der Waals surface area contributed by atoms with Crippen molar-refractivity contribution in [1.82, 2.24) is 29.8 Å². The number of nitrogens with zero attached hydrogens (tertiary/aromatic N) is 8.